The number of carbonyl (C=O) groups excluding carboxylic acids is 6. The summed E-state index contributed by atoms with van der Waals surface area (Å²) in [4.78, 5) is 69.6. The molecule has 0 aliphatic heterocycles. The molecule has 3 aromatic rings. The van der Waals surface area contributed by atoms with Gasteiger partial charge in [0.1, 0.15) is 54.1 Å². The highest BCUT2D eigenvalue weighted by Gasteiger charge is 2.09. The molecular weight excluding hydrogens is 817 g/mol. The van der Waals surface area contributed by atoms with Gasteiger partial charge in [-0.05, 0) is 133 Å². The van der Waals surface area contributed by atoms with Crippen molar-refractivity contribution < 1.29 is 52.5 Å². The van der Waals surface area contributed by atoms with Crippen LogP contribution < -0.4 is 14.2 Å². The van der Waals surface area contributed by atoms with Crippen molar-refractivity contribution in [3.63, 3.8) is 0 Å². The molecule has 3 rings (SSSR count). The van der Waals surface area contributed by atoms with Crippen LogP contribution in [-0.4, -0.2) is 106 Å². The van der Waals surface area contributed by atoms with Gasteiger partial charge in [-0.25, -0.2) is 0 Å². The number of likely N-dealkylation sites (N-methyl/N-ethyl adjacent to an activating group) is 2. The van der Waals surface area contributed by atoms with Gasteiger partial charge in [-0.1, -0.05) is 49.6 Å². The van der Waals surface area contributed by atoms with Gasteiger partial charge in [0, 0.05) is 37.9 Å². The number of aldehydes is 1. The lowest BCUT2D eigenvalue weighted by Gasteiger charge is -2.16. The molecule has 0 saturated carbocycles. The highest BCUT2D eigenvalue weighted by molar-refractivity contribution is 5.76. The van der Waals surface area contributed by atoms with Crippen molar-refractivity contribution in [3.8, 4) is 17.2 Å². The van der Waals surface area contributed by atoms with Gasteiger partial charge >= 0.3 is 11.9 Å². The maximum Gasteiger partial charge on any atom is 0.320 e. The number of unbranched alkanes of at least 4 members (excludes halogenated alkanes) is 3. The molecule has 0 aromatic heterocycles. The van der Waals surface area contributed by atoms with Gasteiger partial charge in [0.25, 0.3) is 0 Å². The van der Waals surface area contributed by atoms with E-state index in [0.29, 0.717) is 57.7 Å². The SMILES string of the molecule is C=CCOC(=O)CN(C)Cc1ccc(OCCCCC(C)=O)cc1.C=CCOC(=O)CN(C)Cc1ccc(OCCCCC(C)=O)cc1.CC(=O)CCCCOc1ccc(C=O)cc1. The third kappa shape index (κ3) is 31.0. The van der Waals surface area contributed by atoms with Gasteiger partial charge in [0.15, 0.2) is 0 Å². The van der Waals surface area contributed by atoms with E-state index < -0.39 is 0 Å². The Morgan fingerprint density at radius 1 is 0.500 bits per heavy atom. The van der Waals surface area contributed by atoms with E-state index in [1.54, 1.807) is 57.2 Å². The molecule has 0 atom stereocenters. The Balaban J connectivity index is 0.000000491. The minimum atomic E-state index is -0.261. The molecule has 0 aliphatic carbocycles. The topological polar surface area (TPSA) is 155 Å². The van der Waals surface area contributed by atoms with Gasteiger partial charge in [-0.15, -0.1) is 0 Å². The molecule has 64 heavy (non-hydrogen) atoms. The molecule has 0 amide bonds. The molecule has 3 aromatic carbocycles. The van der Waals surface area contributed by atoms with Crippen LogP contribution in [0.1, 0.15) is 100 Å². The van der Waals surface area contributed by atoms with Crippen molar-refractivity contribution in [2.75, 3.05) is 60.2 Å². The summed E-state index contributed by atoms with van der Waals surface area (Å²) in [6.45, 7) is 15.9. The maximum absolute atomic E-state index is 11.5. The third-order valence-corrected chi connectivity index (χ3v) is 8.87. The Kier molecular flexibility index (Phi) is 31.1. The van der Waals surface area contributed by atoms with E-state index in [1.165, 1.54) is 0 Å². The predicted molar refractivity (Wildman–Crippen MR) is 250 cm³/mol. The average Bonchev–Trinajstić information content (AvgIpc) is 3.26. The summed E-state index contributed by atoms with van der Waals surface area (Å²) in [7, 11) is 3.74. The van der Waals surface area contributed by atoms with E-state index in [2.05, 4.69) is 13.2 Å². The second-order valence-electron chi connectivity index (χ2n) is 15.3. The lowest BCUT2D eigenvalue weighted by molar-refractivity contribution is -0.144. The van der Waals surface area contributed by atoms with Crippen LogP contribution in [0.15, 0.2) is 98.1 Å². The second-order valence-corrected chi connectivity index (χ2v) is 15.3. The monoisotopic (exact) mass is 886 g/mol. The number of hydrogen-bond acceptors (Lipinski definition) is 13. The van der Waals surface area contributed by atoms with Crippen molar-refractivity contribution in [1.82, 2.24) is 9.80 Å². The summed E-state index contributed by atoms with van der Waals surface area (Å²) < 4.78 is 26.7. The molecule has 0 fully saturated rings. The van der Waals surface area contributed by atoms with Gasteiger partial charge in [-0.3, -0.25) is 24.2 Å². The van der Waals surface area contributed by atoms with Crippen LogP contribution in [0.3, 0.4) is 0 Å². The molecule has 13 heteroatoms. The van der Waals surface area contributed by atoms with Crippen LogP contribution in [0.25, 0.3) is 0 Å². The molecule has 0 radical (unpaired) electrons. The molecule has 0 heterocycles. The van der Waals surface area contributed by atoms with Crippen LogP contribution in [0.5, 0.6) is 17.2 Å². The zero-order valence-electron chi connectivity index (χ0n) is 38.7. The maximum atomic E-state index is 11.5. The number of rotatable bonds is 31. The Labute approximate surface area is 380 Å². The zero-order chi connectivity index (χ0) is 47.4. The molecule has 0 N–H and O–H groups in total. The average molecular weight is 887 g/mol. The fourth-order valence-electron chi connectivity index (χ4n) is 5.59. The number of ether oxygens (including phenoxy) is 5. The normalized spacial score (nSPS) is 10.3. The Morgan fingerprint density at radius 3 is 1.09 bits per heavy atom. The van der Waals surface area contributed by atoms with E-state index in [1.807, 2.05) is 72.4 Å². The summed E-state index contributed by atoms with van der Waals surface area (Å²) >= 11 is 0. The largest absolute Gasteiger partial charge is 0.494 e. The Morgan fingerprint density at radius 2 is 0.812 bits per heavy atom. The lowest BCUT2D eigenvalue weighted by Crippen LogP contribution is -2.27. The number of nitrogens with zero attached hydrogens (tertiary/aromatic N) is 2. The van der Waals surface area contributed by atoms with Crippen LogP contribution in [0, 0.1) is 0 Å². The first kappa shape index (κ1) is 56.1. The predicted octanol–water partition coefficient (Wildman–Crippen LogP) is 8.61. The minimum Gasteiger partial charge on any atom is -0.494 e. The Bertz CT molecular complexity index is 1710. The lowest BCUT2D eigenvalue weighted by atomic mass is 10.2. The van der Waals surface area contributed by atoms with Crippen molar-refractivity contribution in [2.24, 2.45) is 0 Å². The first-order valence-corrected chi connectivity index (χ1v) is 21.7. The summed E-state index contributed by atoms with van der Waals surface area (Å²) in [5, 5.41) is 0. The standard InChI is InChI=1S/2C19H27NO4.C13H16O3/c2*1-4-12-24-19(22)15-20(3)14-17-8-10-18(11-9-17)23-13-6-5-7-16(2)21;1-11(15)4-2-3-9-16-13-7-5-12(10-14)6-8-13/h2*4,8-11H,1,5-7,12-15H2,2-3H3;5-8,10H,2-4,9H2,1H3. The number of hydrogen-bond donors (Lipinski definition) is 0. The number of carbonyl (C=O) groups is 6. The first-order valence-electron chi connectivity index (χ1n) is 21.7. The highest BCUT2D eigenvalue weighted by atomic mass is 16.5. The molecule has 350 valence electrons. The van der Waals surface area contributed by atoms with Crippen LogP contribution in [0.4, 0.5) is 0 Å². The van der Waals surface area contributed by atoms with E-state index in [0.717, 1.165) is 73.2 Å². The number of Topliss-reactive ketones (excluding diaryl/α,β-unsaturated/α-hetero) is 3. The van der Waals surface area contributed by atoms with Crippen molar-refractivity contribution >= 4 is 35.6 Å². The second kappa shape index (κ2) is 35.5. The van der Waals surface area contributed by atoms with Crippen LogP contribution in [-0.2, 0) is 46.5 Å². The molecule has 0 bridgehead atoms. The van der Waals surface area contributed by atoms with E-state index >= 15 is 0 Å². The quantitative estimate of drug-likeness (QED) is 0.0262. The van der Waals surface area contributed by atoms with E-state index in [9.17, 15) is 28.8 Å². The molecular formula is C51H70N2O11. The zero-order valence-corrected chi connectivity index (χ0v) is 38.7. The molecule has 0 spiro atoms. The van der Waals surface area contributed by atoms with Gasteiger partial charge in [0.05, 0.1) is 32.9 Å². The summed E-state index contributed by atoms with van der Waals surface area (Å²) in [6.07, 6.45) is 11.0. The summed E-state index contributed by atoms with van der Waals surface area (Å²) in [5.41, 5.74) is 2.83. The van der Waals surface area contributed by atoms with Crippen LogP contribution in [0.2, 0.25) is 0 Å². The van der Waals surface area contributed by atoms with Gasteiger partial charge in [-0.2, -0.15) is 0 Å². The summed E-state index contributed by atoms with van der Waals surface area (Å²) in [5.74, 6) is 2.52. The van der Waals surface area contributed by atoms with E-state index in [4.69, 9.17) is 23.7 Å². The van der Waals surface area contributed by atoms with Crippen molar-refractivity contribution in [3.05, 3.63) is 115 Å². The van der Waals surface area contributed by atoms with Crippen LogP contribution >= 0.6 is 0 Å². The fraction of sp³-hybridized carbons (Fsp3) is 0.451. The highest BCUT2D eigenvalue weighted by Crippen LogP contribution is 2.16. The van der Waals surface area contributed by atoms with Crippen molar-refractivity contribution in [2.45, 2.75) is 91.6 Å². The fourth-order valence-corrected chi connectivity index (χ4v) is 5.59. The van der Waals surface area contributed by atoms with Gasteiger partial charge in [0.2, 0.25) is 0 Å². The third-order valence-electron chi connectivity index (χ3n) is 8.87. The van der Waals surface area contributed by atoms with Gasteiger partial charge < -0.3 is 38.1 Å². The molecule has 0 saturated heterocycles. The minimum absolute atomic E-state index is 0.218. The smallest absolute Gasteiger partial charge is 0.320 e. The Hall–Kier alpha value is -5.92. The first-order chi connectivity index (χ1) is 30.7. The van der Waals surface area contributed by atoms with Crippen molar-refractivity contribution in [1.29, 1.82) is 0 Å². The number of esters is 2. The molecule has 0 aliphatic rings. The van der Waals surface area contributed by atoms with E-state index in [-0.39, 0.29) is 55.6 Å². The number of benzene rings is 3. The molecule has 13 nitrogen and oxygen atoms in total. The summed E-state index contributed by atoms with van der Waals surface area (Å²) in [6, 6.07) is 22.6. The number of ketones is 3. The molecule has 0 unspecified atom stereocenters.